The molecule has 0 atom stereocenters. The smallest absolute Gasteiger partial charge is 0.747 e. The van der Waals surface area contributed by atoms with Crippen LogP contribution in [0, 0.1) is 0 Å². The second-order valence-corrected chi connectivity index (χ2v) is 17.6. The number of rotatable bonds is 24. The number of aromatic hydroxyl groups is 1. The van der Waals surface area contributed by atoms with Crippen LogP contribution in [0.2, 0.25) is 0 Å². The first-order valence-electron chi connectivity index (χ1n) is 14.8. The van der Waals surface area contributed by atoms with E-state index in [9.17, 15) is 50.7 Å². The van der Waals surface area contributed by atoms with Crippen molar-refractivity contribution in [2.45, 2.75) is 14.7 Å². The first kappa shape index (κ1) is 61.4. The Balaban J connectivity index is 0.00000900. The summed E-state index contributed by atoms with van der Waals surface area (Å²) in [5, 5.41) is 70.2. The van der Waals surface area contributed by atoms with Gasteiger partial charge in [0.15, 0.2) is 50.1 Å². The monoisotopic (exact) mass is 1000 g/mol. The maximum atomic E-state index is 13.1. The van der Waals surface area contributed by atoms with Gasteiger partial charge >= 0.3 is 118 Å². The van der Waals surface area contributed by atoms with E-state index in [1.54, 1.807) is 0 Å². The predicted octanol–water partition coefficient (Wildman–Crippen LogP) is -9.31. The van der Waals surface area contributed by atoms with Crippen molar-refractivity contribution in [3.8, 4) is 5.75 Å². The zero-order chi connectivity index (χ0) is 41.5. The third-order valence-electron chi connectivity index (χ3n) is 6.77. The molecule has 0 amide bonds. The third kappa shape index (κ3) is 19.6. The number of hydrogen-bond donors (Lipinski definition) is 2. The number of benzene rings is 4. The largest absolute Gasteiger partial charge is 1.00 e. The Morgan fingerprint density at radius 1 is 0.656 bits per heavy atom. The molecule has 0 aromatic heterocycles. The van der Waals surface area contributed by atoms with Crippen molar-refractivity contribution in [1.82, 2.24) is 0 Å². The predicted molar refractivity (Wildman–Crippen MR) is 189 cm³/mol. The van der Waals surface area contributed by atoms with Crippen LogP contribution in [0.1, 0.15) is 0 Å². The average Bonchev–Trinajstić information content (AvgIpc) is 3.18. The van der Waals surface area contributed by atoms with Gasteiger partial charge in [0.1, 0.15) is 33.1 Å². The fraction of sp³-hybridized carbons (Fsp3) is 0.185. The standard InChI is InChI=1S/C27H27N5O19S6.4Na/c33-27-19-8-9-22(28-16-57(41,42)43)25(31-30-21-6-1-2-7-24(21)56(39,40)13-11-45-54-51-48-36)20(19)15-23(52-49-46-34)26(27)32-29-17-4-3-5-18(14-17)55(37,38)12-10-44-53-50-47-35;;;;/h1-9,14-15,28,33-36H,10-13,16H2,(H,41,42,43);;;;/q;4*+1/p-4. The third-order valence-corrected chi connectivity index (χ3v) is 12.0. The molecule has 0 saturated heterocycles. The molecule has 0 bridgehead atoms. The molecule has 0 radical (unpaired) electrons. The molecule has 0 aliphatic carbocycles. The summed E-state index contributed by atoms with van der Waals surface area (Å²) in [6, 6.07) is 14.2. The minimum Gasteiger partial charge on any atom is -0.747 e. The average molecular weight is 1010 g/mol. The summed E-state index contributed by atoms with van der Waals surface area (Å²) in [5.41, 5.74) is -0.986. The van der Waals surface area contributed by atoms with Crippen molar-refractivity contribution in [3.63, 3.8) is 0 Å². The molecular weight excluding hydrogens is 983 g/mol. The van der Waals surface area contributed by atoms with E-state index in [1.807, 2.05) is 0 Å². The Morgan fingerprint density at radius 2 is 1.26 bits per heavy atom. The van der Waals surface area contributed by atoms with Crippen LogP contribution in [-0.4, -0.2) is 65.5 Å². The van der Waals surface area contributed by atoms with Crippen LogP contribution >= 0.6 is 36.7 Å². The molecule has 0 fully saturated rings. The van der Waals surface area contributed by atoms with E-state index in [1.165, 1.54) is 60.7 Å². The number of nitrogens with zero attached hydrogens (tertiary/aromatic N) is 4. The molecule has 24 nitrogen and oxygen atoms in total. The van der Waals surface area contributed by atoms with Gasteiger partial charge in [-0.2, -0.15) is 9.45 Å². The number of phenolic OH excluding ortho intramolecular Hbond substituents is 1. The second-order valence-electron chi connectivity index (χ2n) is 10.3. The van der Waals surface area contributed by atoms with Gasteiger partial charge in [0.05, 0.1) is 62.8 Å². The van der Waals surface area contributed by atoms with Gasteiger partial charge in [-0.25, -0.2) is 25.3 Å². The van der Waals surface area contributed by atoms with Crippen LogP contribution in [0.25, 0.3) is 10.8 Å². The van der Waals surface area contributed by atoms with Gasteiger partial charge < -0.3 is 30.7 Å². The van der Waals surface area contributed by atoms with E-state index in [0.29, 0.717) is 0 Å². The molecule has 0 saturated carbocycles. The Morgan fingerprint density at radius 3 is 1.89 bits per heavy atom. The molecule has 4 aromatic rings. The summed E-state index contributed by atoms with van der Waals surface area (Å²) < 4.78 is 108. The van der Waals surface area contributed by atoms with Crippen LogP contribution in [0.4, 0.5) is 28.4 Å². The van der Waals surface area contributed by atoms with Gasteiger partial charge in [0.2, 0.25) is 0 Å². The van der Waals surface area contributed by atoms with Crippen molar-refractivity contribution in [3.05, 3.63) is 66.7 Å². The number of nitrogens with one attached hydrogen (secondary N) is 1. The first-order valence-corrected chi connectivity index (χ1v) is 21.8. The fourth-order valence-corrected chi connectivity index (χ4v) is 8.24. The molecule has 310 valence electrons. The van der Waals surface area contributed by atoms with E-state index < -0.39 is 59.5 Å². The van der Waals surface area contributed by atoms with Crippen LogP contribution in [0.5, 0.6) is 5.75 Å². The molecular formula is C27H23N5Na4O19S6. The maximum absolute atomic E-state index is 13.1. The molecule has 4 rings (SSSR count). The summed E-state index contributed by atoms with van der Waals surface area (Å²) in [7, 11) is -13.0. The second kappa shape index (κ2) is 30.6. The Bertz CT molecular complexity index is 2410. The van der Waals surface area contributed by atoms with Crippen LogP contribution < -0.4 is 139 Å². The van der Waals surface area contributed by atoms with Gasteiger partial charge in [-0.1, -0.05) is 18.2 Å². The number of phenols is 1. The van der Waals surface area contributed by atoms with Crippen molar-refractivity contribution in [2.24, 2.45) is 20.5 Å². The van der Waals surface area contributed by atoms with Gasteiger partial charge in [-0.15, -0.1) is 24.0 Å². The number of sulfone groups is 2. The molecule has 0 heterocycles. The molecule has 0 spiro atoms. The van der Waals surface area contributed by atoms with Gasteiger partial charge in [-0.05, 0) is 48.5 Å². The maximum Gasteiger partial charge on any atom is 1.00 e. The Kier molecular flexibility index (Phi) is 30.8. The minimum absolute atomic E-state index is 0. The SMILES string of the molecule is O=S(=O)([O-])CNc1ccc2c(O)c(N=Nc3cccc(S(=O)(=O)CCOSOO[O-])c3)c(SOO[O-])cc2c1N=Nc1ccccc1S(=O)(=O)CCOSOO[O-].[Na+].[Na+].[Na+].[Na+]. The van der Waals surface area contributed by atoms with Crippen LogP contribution in [0.15, 0.2) is 102 Å². The fourth-order valence-electron chi connectivity index (χ4n) is 4.43. The molecule has 4 aromatic carbocycles. The summed E-state index contributed by atoms with van der Waals surface area (Å²) in [4.78, 5) is -0.710. The summed E-state index contributed by atoms with van der Waals surface area (Å²) >= 11 is 0.468. The quantitative estimate of drug-likeness (QED) is 0.0125. The molecule has 34 heteroatoms. The normalized spacial score (nSPS) is 11.8. The summed E-state index contributed by atoms with van der Waals surface area (Å²) in [6.07, 6.45) is 0. The molecule has 61 heavy (non-hydrogen) atoms. The van der Waals surface area contributed by atoms with Gasteiger partial charge in [0.25, 0.3) is 0 Å². The zero-order valence-corrected chi connectivity index (χ0v) is 44.8. The molecule has 0 unspecified atom stereocenters. The van der Waals surface area contributed by atoms with Gasteiger partial charge in [0, 0.05) is 10.8 Å². The van der Waals surface area contributed by atoms with Crippen LogP contribution in [-0.2, 0) is 66.3 Å². The molecule has 0 aliphatic rings. The minimum atomic E-state index is -4.87. The number of fused-ring (bicyclic) bond motifs is 1. The van der Waals surface area contributed by atoms with Crippen molar-refractivity contribution >= 4 is 106 Å². The van der Waals surface area contributed by atoms with E-state index in [0.717, 1.165) is 6.07 Å². The Hall–Kier alpha value is 0.360. The number of anilines is 1. The topological polar surface area (TPSA) is 350 Å². The summed E-state index contributed by atoms with van der Waals surface area (Å²) in [5.74, 6) is -2.92. The van der Waals surface area contributed by atoms with Crippen molar-refractivity contribution in [1.29, 1.82) is 0 Å². The summed E-state index contributed by atoms with van der Waals surface area (Å²) in [6.45, 7) is -0.840. The molecule has 0 aliphatic heterocycles. The van der Waals surface area contributed by atoms with E-state index in [-0.39, 0.29) is 215 Å². The number of azo groups is 2. The zero-order valence-electron chi connectivity index (χ0n) is 31.9. The molecule has 2 N–H and O–H groups in total. The van der Waals surface area contributed by atoms with E-state index in [4.69, 9.17) is 8.37 Å². The van der Waals surface area contributed by atoms with Crippen LogP contribution in [0.3, 0.4) is 0 Å². The van der Waals surface area contributed by atoms with Crippen molar-refractivity contribution < 1.29 is 205 Å². The van der Waals surface area contributed by atoms with E-state index >= 15 is 0 Å². The van der Waals surface area contributed by atoms with E-state index in [2.05, 4.69) is 53.9 Å². The first-order chi connectivity index (χ1) is 27.2. The van der Waals surface area contributed by atoms with Crippen molar-refractivity contribution in [2.75, 3.05) is 35.9 Å². The number of hydrogen-bond acceptors (Lipinski definition) is 27. The van der Waals surface area contributed by atoms with Gasteiger partial charge in [-0.3, -0.25) is 23.5 Å². The Labute approximate surface area is 448 Å².